The molecular weight excluding hydrogens is 302 g/mol. The molecule has 0 saturated heterocycles. The van der Waals surface area contributed by atoms with Gasteiger partial charge in [0, 0.05) is 11.6 Å². The smallest absolute Gasteiger partial charge is 0.262 e. The van der Waals surface area contributed by atoms with Crippen LogP contribution < -0.4 is 15.5 Å². The molecular formula is C15H13N3O3S. The van der Waals surface area contributed by atoms with E-state index in [1.54, 1.807) is 18.2 Å². The first kappa shape index (κ1) is 14.3. The summed E-state index contributed by atoms with van der Waals surface area (Å²) in [6, 6.07) is 5.11. The first-order chi connectivity index (χ1) is 10.6. The first-order valence-corrected chi connectivity index (χ1v) is 7.40. The number of hydrogen-bond donors (Lipinski definition) is 2. The number of rotatable bonds is 3. The molecule has 3 rings (SSSR count). The van der Waals surface area contributed by atoms with E-state index in [0.717, 1.165) is 5.69 Å². The van der Waals surface area contributed by atoms with E-state index in [1.807, 2.05) is 12.3 Å². The third-order valence-electron chi connectivity index (χ3n) is 3.18. The molecule has 2 N–H and O–H groups in total. The standard InChI is InChI=1S/C15H13N3O3S/c1-8-7-22-15(17-8)18-14(20)10-6-16-12-9(13(10)19)4-3-5-11(12)21-2/h3-7H,1-2H3,(H,16,19)(H,17,18,20). The molecule has 7 heteroatoms. The molecule has 0 atom stereocenters. The van der Waals surface area contributed by atoms with Crippen LogP contribution >= 0.6 is 11.3 Å². The van der Waals surface area contributed by atoms with Crippen LogP contribution in [0.4, 0.5) is 5.13 Å². The molecule has 1 aromatic carbocycles. The second-order valence-electron chi connectivity index (χ2n) is 4.66. The Morgan fingerprint density at radius 1 is 1.41 bits per heavy atom. The number of fused-ring (bicyclic) bond motifs is 1. The van der Waals surface area contributed by atoms with Crippen molar-refractivity contribution in [1.29, 1.82) is 0 Å². The number of benzene rings is 1. The normalized spacial score (nSPS) is 10.6. The zero-order valence-corrected chi connectivity index (χ0v) is 12.8. The maximum atomic E-state index is 12.5. The minimum atomic E-state index is -0.486. The number of aromatic amines is 1. The van der Waals surface area contributed by atoms with Gasteiger partial charge in [0.15, 0.2) is 5.13 Å². The minimum Gasteiger partial charge on any atom is -0.495 e. The lowest BCUT2D eigenvalue weighted by Gasteiger charge is -2.06. The van der Waals surface area contributed by atoms with Gasteiger partial charge in [-0.2, -0.15) is 0 Å². The number of H-pyrrole nitrogens is 1. The lowest BCUT2D eigenvalue weighted by molar-refractivity contribution is 0.102. The van der Waals surface area contributed by atoms with Crippen molar-refractivity contribution in [2.45, 2.75) is 6.92 Å². The maximum absolute atomic E-state index is 12.5. The summed E-state index contributed by atoms with van der Waals surface area (Å²) < 4.78 is 5.20. The average molecular weight is 315 g/mol. The minimum absolute atomic E-state index is 0.0357. The molecule has 0 unspecified atom stereocenters. The molecule has 0 aliphatic carbocycles. The number of carbonyl (C=O) groups excluding carboxylic acids is 1. The highest BCUT2D eigenvalue weighted by atomic mass is 32.1. The second-order valence-corrected chi connectivity index (χ2v) is 5.52. The van der Waals surface area contributed by atoms with Gasteiger partial charge < -0.3 is 9.72 Å². The van der Waals surface area contributed by atoms with Gasteiger partial charge in [0.2, 0.25) is 5.43 Å². The van der Waals surface area contributed by atoms with Crippen molar-refractivity contribution in [3.8, 4) is 5.75 Å². The lowest BCUT2D eigenvalue weighted by atomic mass is 10.1. The van der Waals surface area contributed by atoms with E-state index in [0.29, 0.717) is 21.8 Å². The molecule has 2 aromatic heterocycles. The van der Waals surface area contributed by atoms with Gasteiger partial charge in [0.25, 0.3) is 5.91 Å². The molecule has 0 saturated carbocycles. The Morgan fingerprint density at radius 2 is 2.23 bits per heavy atom. The van der Waals surface area contributed by atoms with Crippen LogP contribution in [0, 0.1) is 6.92 Å². The Morgan fingerprint density at radius 3 is 2.91 bits per heavy atom. The molecule has 0 aliphatic heterocycles. The summed E-state index contributed by atoms with van der Waals surface area (Å²) >= 11 is 1.31. The third kappa shape index (κ3) is 2.46. The molecule has 22 heavy (non-hydrogen) atoms. The Labute approximate surface area is 129 Å². The number of aryl methyl sites for hydroxylation is 1. The summed E-state index contributed by atoms with van der Waals surface area (Å²) in [6.45, 7) is 1.83. The zero-order valence-electron chi connectivity index (χ0n) is 12.0. The number of amides is 1. The number of ether oxygens (including phenoxy) is 1. The number of anilines is 1. The number of thiazole rings is 1. The van der Waals surface area contributed by atoms with E-state index < -0.39 is 5.91 Å². The fourth-order valence-electron chi connectivity index (χ4n) is 2.14. The van der Waals surface area contributed by atoms with Gasteiger partial charge in [-0.05, 0) is 19.1 Å². The highest BCUT2D eigenvalue weighted by molar-refractivity contribution is 7.13. The molecule has 0 bridgehead atoms. The quantitative estimate of drug-likeness (QED) is 0.778. The van der Waals surface area contributed by atoms with Crippen LogP contribution in [0.2, 0.25) is 0 Å². The summed E-state index contributed by atoms with van der Waals surface area (Å²) in [4.78, 5) is 31.8. The van der Waals surface area contributed by atoms with E-state index in [2.05, 4.69) is 15.3 Å². The Kier molecular flexibility index (Phi) is 3.64. The third-order valence-corrected chi connectivity index (χ3v) is 4.06. The predicted molar refractivity (Wildman–Crippen MR) is 85.9 cm³/mol. The summed E-state index contributed by atoms with van der Waals surface area (Å²) in [7, 11) is 1.53. The summed E-state index contributed by atoms with van der Waals surface area (Å²) in [6.07, 6.45) is 1.39. The molecule has 0 aliphatic rings. The molecule has 3 aromatic rings. The van der Waals surface area contributed by atoms with E-state index in [9.17, 15) is 9.59 Å². The highest BCUT2D eigenvalue weighted by Crippen LogP contribution is 2.21. The van der Waals surface area contributed by atoms with Gasteiger partial charge in [-0.1, -0.05) is 6.07 Å². The van der Waals surface area contributed by atoms with Gasteiger partial charge >= 0.3 is 0 Å². The van der Waals surface area contributed by atoms with Crippen molar-refractivity contribution in [2.24, 2.45) is 0 Å². The highest BCUT2D eigenvalue weighted by Gasteiger charge is 2.15. The van der Waals surface area contributed by atoms with Crippen LogP contribution in [0.1, 0.15) is 16.1 Å². The van der Waals surface area contributed by atoms with Crippen molar-refractivity contribution in [1.82, 2.24) is 9.97 Å². The Bertz CT molecular complexity index is 914. The number of para-hydroxylation sites is 1. The van der Waals surface area contributed by atoms with Crippen molar-refractivity contribution in [3.63, 3.8) is 0 Å². The number of carbonyl (C=O) groups is 1. The van der Waals surface area contributed by atoms with Crippen LogP contribution in [0.3, 0.4) is 0 Å². The number of nitrogens with one attached hydrogen (secondary N) is 2. The van der Waals surface area contributed by atoms with Crippen LogP contribution in [0.15, 0.2) is 34.6 Å². The Hall–Kier alpha value is -2.67. The van der Waals surface area contributed by atoms with Crippen LogP contribution in [0.25, 0.3) is 10.9 Å². The fourth-order valence-corrected chi connectivity index (χ4v) is 2.82. The van der Waals surface area contributed by atoms with Gasteiger partial charge in [0.05, 0.1) is 23.7 Å². The van der Waals surface area contributed by atoms with E-state index in [-0.39, 0.29) is 11.0 Å². The summed E-state index contributed by atoms with van der Waals surface area (Å²) in [5, 5.41) is 5.33. The van der Waals surface area contributed by atoms with E-state index in [1.165, 1.54) is 24.6 Å². The second kappa shape index (κ2) is 5.61. The number of pyridine rings is 1. The van der Waals surface area contributed by atoms with Crippen LogP contribution in [-0.2, 0) is 0 Å². The lowest BCUT2D eigenvalue weighted by Crippen LogP contribution is -2.22. The SMILES string of the molecule is COc1cccc2c(=O)c(C(=O)Nc3nc(C)cs3)c[nH]c12. The summed E-state index contributed by atoms with van der Waals surface area (Å²) in [5.74, 6) is 0.0671. The van der Waals surface area contributed by atoms with E-state index >= 15 is 0 Å². The van der Waals surface area contributed by atoms with Gasteiger partial charge in [-0.25, -0.2) is 4.98 Å². The van der Waals surface area contributed by atoms with Crippen molar-refractivity contribution >= 4 is 33.3 Å². The first-order valence-electron chi connectivity index (χ1n) is 6.52. The molecule has 0 spiro atoms. The van der Waals surface area contributed by atoms with Crippen LogP contribution in [-0.4, -0.2) is 23.0 Å². The predicted octanol–water partition coefficient (Wildman–Crippen LogP) is 2.55. The van der Waals surface area contributed by atoms with Gasteiger partial charge in [-0.15, -0.1) is 11.3 Å². The van der Waals surface area contributed by atoms with Crippen molar-refractivity contribution < 1.29 is 9.53 Å². The molecule has 112 valence electrons. The number of nitrogens with zero attached hydrogens (tertiary/aromatic N) is 1. The number of aromatic nitrogens is 2. The number of hydrogen-bond acceptors (Lipinski definition) is 5. The monoisotopic (exact) mass is 315 g/mol. The van der Waals surface area contributed by atoms with Crippen molar-refractivity contribution in [3.05, 3.63) is 51.3 Å². The topological polar surface area (TPSA) is 84.1 Å². The maximum Gasteiger partial charge on any atom is 0.262 e. The fraction of sp³-hybridized carbons (Fsp3) is 0.133. The molecule has 1 amide bonds. The largest absolute Gasteiger partial charge is 0.495 e. The molecule has 0 fully saturated rings. The van der Waals surface area contributed by atoms with Crippen molar-refractivity contribution in [2.75, 3.05) is 12.4 Å². The average Bonchev–Trinajstić information content (AvgIpc) is 2.92. The molecule has 6 nitrogen and oxygen atoms in total. The van der Waals surface area contributed by atoms with Gasteiger partial charge in [-0.3, -0.25) is 14.9 Å². The van der Waals surface area contributed by atoms with Gasteiger partial charge in [0.1, 0.15) is 11.3 Å². The summed E-state index contributed by atoms with van der Waals surface area (Å²) in [5.41, 5.74) is 1.07. The Balaban J connectivity index is 2.03. The van der Waals surface area contributed by atoms with Crippen LogP contribution in [0.5, 0.6) is 5.75 Å². The zero-order chi connectivity index (χ0) is 15.7. The number of methoxy groups -OCH3 is 1. The molecule has 0 radical (unpaired) electrons. The van der Waals surface area contributed by atoms with E-state index in [4.69, 9.17) is 4.74 Å². The molecule has 2 heterocycles.